The van der Waals surface area contributed by atoms with Crippen LogP contribution in [-0.4, -0.2) is 36.6 Å². The Bertz CT molecular complexity index is 446. The zero-order valence-electron chi connectivity index (χ0n) is 13.8. The average molecular weight is 300 g/mol. The first-order valence-corrected chi connectivity index (χ1v) is 7.87. The van der Waals surface area contributed by atoms with E-state index in [1.807, 2.05) is 0 Å². The second-order valence-electron chi connectivity index (χ2n) is 7.88. The fourth-order valence-corrected chi connectivity index (χ4v) is 6.32. The van der Waals surface area contributed by atoms with Gasteiger partial charge in [0.2, 0.25) is 0 Å². The van der Waals surface area contributed by atoms with Gasteiger partial charge >= 0.3 is 7.40 Å². The van der Waals surface area contributed by atoms with Gasteiger partial charge < -0.3 is 17.1 Å². The number of hydrogen-bond donors (Lipinski definition) is 0. The summed E-state index contributed by atoms with van der Waals surface area (Å²) >= 11 is 0. The van der Waals surface area contributed by atoms with Crippen LogP contribution in [0.3, 0.4) is 0 Å². The molecule has 2 saturated carbocycles. The Balaban J connectivity index is 0.000000807. The molecule has 2 saturated heterocycles. The van der Waals surface area contributed by atoms with Gasteiger partial charge in [0.15, 0.2) is 0 Å². The van der Waals surface area contributed by atoms with Crippen LogP contribution in [0.25, 0.3) is 0 Å². The van der Waals surface area contributed by atoms with Crippen molar-refractivity contribution in [3.05, 3.63) is 0 Å². The van der Waals surface area contributed by atoms with Crippen LogP contribution in [-0.2, 0) is 9.53 Å². The molecule has 0 aromatic carbocycles. The fraction of sp³-hybridized carbons (Fsp3) is 0.938. The number of esters is 1. The average Bonchev–Trinajstić information content (AvgIpc) is 2.86. The largest absolute Gasteiger partial charge is 1.00 e. The van der Waals surface area contributed by atoms with Crippen molar-refractivity contribution in [1.29, 1.82) is 0 Å². The van der Waals surface area contributed by atoms with Crippen molar-refractivity contribution in [3.63, 3.8) is 0 Å². The molecule has 0 spiro atoms. The summed E-state index contributed by atoms with van der Waals surface area (Å²) in [5.74, 6) is 2.61. The van der Waals surface area contributed by atoms with Crippen LogP contribution in [0.4, 0.5) is 0 Å². The lowest BCUT2D eigenvalue weighted by Gasteiger charge is -2.49. The SMILES string of the molecule is CC(C)[C@@H]1[C@@H]2OC(=O)[C@H]1[C@@H]1CC[C@@H]3CN(C)[C@H]2[C@@]31C.[Cl-].[H+]. The Kier molecular flexibility index (Phi) is 3.19. The highest BCUT2D eigenvalue weighted by Crippen LogP contribution is 2.66. The Hall–Kier alpha value is -0.280. The first kappa shape index (κ1) is 14.6. The fourth-order valence-electron chi connectivity index (χ4n) is 6.32. The normalized spacial score (nSPS) is 53.0. The van der Waals surface area contributed by atoms with E-state index >= 15 is 0 Å². The molecule has 0 N–H and O–H groups in total. The lowest BCUT2D eigenvalue weighted by molar-refractivity contribution is -0.145. The van der Waals surface area contributed by atoms with Crippen molar-refractivity contribution in [2.24, 2.45) is 35.0 Å². The van der Waals surface area contributed by atoms with E-state index in [9.17, 15) is 4.79 Å². The summed E-state index contributed by atoms with van der Waals surface area (Å²) in [6.07, 6.45) is 2.69. The van der Waals surface area contributed by atoms with Gasteiger partial charge in [0.05, 0.1) is 12.0 Å². The van der Waals surface area contributed by atoms with Gasteiger partial charge in [-0.25, -0.2) is 0 Å². The predicted octanol–water partition coefficient (Wildman–Crippen LogP) is -0.723. The number of rotatable bonds is 1. The zero-order valence-corrected chi connectivity index (χ0v) is 13.6. The molecule has 4 fully saturated rings. The lowest BCUT2D eigenvalue weighted by atomic mass is 9.55. The maximum absolute atomic E-state index is 12.4. The second-order valence-corrected chi connectivity index (χ2v) is 7.88. The number of hydrogen-bond acceptors (Lipinski definition) is 3. The Labute approximate surface area is 129 Å². The summed E-state index contributed by atoms with van der Waals surface area (Å²) in [6.45, 7) is 8.17. The van der Waals surface area contributed by atoms with E-state index < -0.39 is 0 Å². The number of likely N-dealkylation sites (N-methyl/N-ethyl adjacent to an activating group) is 1. The van der Waals surface area contributed by atoms with Crippen molar-refractivity contribution < 1.29 is 23.4 Å². The third-order valence-corrected chi connectivity index (χ3v) is 6.96. The Morgan fingerprint density at radius 1 is 1.40 bits per heavy atom. The molecule has 20 heavy (non-hydrogen) atoms. The van der Waals surface area contributed by atoms with E-state index in [1.165, 1.54) is 19.4 Å². The first-order chi connectivity index (χ1) is 8.96. The Morgan fingerprint density at radius 3 is 2.75 bits per heavy atom. The standard InChI is InChI=1S/C16H25NO2.ClH/c1-8(2)11-12-10-6-5-9-7-17(4)14(16(9,10)3)13(11)19-15(12)18;/h8-14H,5-7H2,1-4H3;1H/t9-,10+,11+,12+,13+,14-,16+;/m1./s1. The molecule has 2 bridgehead atoms. The van der Waals surface area contributed by atoms with Gasteiger partial charge in [0.25, 0.3) is 0 Å². The maximum atomic E-state index is 12.4. The summed E-state index contributed by atoms with van der Waals surface area (Å²) in [5, 5.41) is 0. The molecule has 4 aliphatic rings. The summed E-state index contributed by atoms with van der Waals surface area (Å²) < 4.78 is 5.88. The smallest absolute Gasteiger partial charge is 1.00 e. The minimum absolute atomic E-state index is 0. The topological polar surface area (TPSA) is 29.5 Å². The number of fused-ring (bicyclic) bond motifs is 4. The third-order valence-electron chi connectivity index (χ3n) is 6.96. The molecule has 2 aliphatic heterocycles. The van der Waals surface area contributed by atoms with Crippen LogP contribution in [0.2, 0.25) is 0 Å². The molecule has 0 radical (unpaired) electrons. The van der Waals surface area contributed by atoms with Gasteiger partial charge in [-0.1, -0.05) is 20.8 Å². The quantitative estimate of drug-likeness (QED) is 0.599. The molecule has 0 unspecified atom stereocenters. The predicted molar refractivity (Wildman–Crippen MR) is 73.5 cm³/mol. The van der Waals surface area contributed by atoms with Gasteiger partial charge in [-0.3, -0.25) is 9.69 Å². The van der Waals surface area contributed by atoms with Crippen molar-refractivity contribution in [2.75, 3.05) is 13.6 Å². The van der Waals surface area contributed by atoms with Crippen LogP contribution in [0.1, 0.15) is 35.0 Å². The summed E-state index contributed by atoms with van der Waals surface area (Å²) in [4.78, 5) is 14.9. The highest BCUT2D eigenvalue weighted by molar-refractivity contribution is 5.77. The number of carbonyl (C=O) groups is 1. The second kappa shape index (κ2) is 4.36. The zero-order chi connectivity index (χ0) is 13.5. The van der Waals surface area contributed by atoms with E-state index in [4.69, 9.17) is 4.74 Å². The molecular formula is C16H26ClNO2. The van der Waals surface area contributed by atoms with Crippen LogP contribution in [0.15, 0.2) is 0 Å². The molecule has 4 rings (SSSR count). The van der Waals surface area contributed by atoms with Crippen LogP contribution in [0.5, 0.6) is 0 Å². The van der Waals surface area contributed by atoms with E-state index in [1.54, 1.807) is 0 Å². The lowest BCUT2D eigenvalue weighted by Crippen LogP contribution is -3.00. The van der Waals surface area contributed by atoms with Gasteiger partial charge in [-0.15, -0.1) is 0 Å². The van der Waals surface area contributed by atoms with Crippen molar-refractivity contribution in [3.8, 4) is 0 Å². The van der Waals surface area contributed by atoms with Crippen molar-refractivity contribution >= 4 is 5.97 Å². The van der Waals surface area contributed by atoms with Gasteiger partial charge in [-0.2, -0.15) is 0 Å². The minimum atomic E-state index is 0. The number of nitrogens with zero attached hydrogens (tertiary/aromatic N) is 1. The van der Waals surface area contributed by atoms with Gasteiger partial charge in [0, 0.05) is 12.5 Å². The van der Waals surface area contributed by atoms with Crippen LogP contribution < -0.4 is 12.4 Å². The van der Waals surface area contributed by atoms with E-state index in [0.717, 1.165) is 5.92 Å². The molecule has 2 aliphatic carbocycles. The van der Waals surface area contributed by atoms with Crippen LogP contribution in [0, 0.1) is 35.0 Å². The number of likely N-dealkylation sites (tertiary alicyclic amines) is 1. The maximum Gasteiger partial charge on any atom is 1.00 e. The van der Waals surface area contributed by atoms with E-state index in [-0.39, 0.29) is 31.8 Å². The molecule has 4 heteroatoms. The molecular weight excluding hydrogens is 274 g/mol. The highest BCUT2D eigenvalue weighted by atomic mass is 35.5. The minimum Gasteiger partial charge on any atom is -1.00 e. The summed E-state index contributed by atoms with van der Waals surface area (Å²) in [7, 11) is 2.23. The monoisotopic (exact) mass is 299 g/mol. The molecule has 0 aromatic rings. The van der Waals surface area contributed by atoms with Crippen molar-refractivity contribution in [1.82, 2.24) is 4.90 Å². The van der Waals surface area contributed by atoms with Gasteiger partial charge in [-0.05, 0) is 43.1 Å². The van der Waals surface area contributed by atoms with Crippen LogP contribution >= 0.6 is 0 Å². The van der Waals surface area contributed by atoms with E-state index in [2.05, 4.69) is 32.7 Å². The molecule has 0 aromatic heterocycles. The third kappa shape index (κ3) is 1.44. The number of halogens is 1. The number of ether oxygens (including phenoxy) is 1. The summed E-state index contributed by atoms with van der Waals surface area (Å²) in [5.41, 5.74) is 0.321. The Morgan fingerprint density at radius 2 is 2.10 bits per heavy atom. The number of carbonyl (C=O) groups excluding carboxylic acids is 1. The molecule has 7 atom stereocenters. The summed E-state index contributed by atoms with van der Waals surface area (Å²) in [6, 6.07) is 0.458. The molecule has 3 nitrogen and oxygen atoms in total. The first-order valence-electron chi connectivity index (χ1n) is 7.87. The molecule has 0 amide bonds. The van der Waals surface area contributed by atoms with Gasteiger partial charge in [0.1, 0.15) is 6.10 Å². The molecule has 114 valence electrons. The van der Waals surface area contributed by atoms with E-state index in [0.29, 0.717) is 29.2 Å². The highest BCUT2D eigenvalue weighted by Gasteiger charge is 2.71. The molecule has 2 heterocycles. The van der Waals surface area contributed by atoms with Crippen molar-refractivity contribution in [2.45, 2.75) is 45.8 Å².